The lowest BCUT2D eigenvalue weighted by Crippen LogP contribution is -2.25. The molecule has 4 N–H and O–H groups in total. The van der Waals surface area contributed by atoms with Crippen LogP contribution in [0.2, 0.25) is 5.02 Å². The lowest BCUT2D eigenvalue weighted by atomic mass is 9.98. The van der Waals surface area contributed by atoms with Crippen molar-refractivity contribution < 1.29 is 29.2 Å². The van der Waals surface area contributed by atoms with Gasteiger partial charge >= 0.3 is 0 Å². The molecule has 0 aliphatic rings. The van der Waals surface area contributed by atoms with E-state index in [1.807, 2.05) is 0 Å². The molecular weight excluding hydrogens is 462 g/mol. The zero-order chi connectivity index (χ0) is 24.5. The fourth-order valence-corrected chi connectivity index (χ4v) is 3.62. The van der Waals surface area contributed by atoms with Crippen LogP contribution in [0.3, 0.4) is 0 Å². The highest BCUT2D eigenvalue weighted by Crippen LogP contribution is 2.40. The first-order valence-electron chi connectivity index (χ1n) is 10.8. The van der Waals surface area contributed by atoms with Gasteiger partial charge in [0, 0.05) is 18.0 Å². The lowest BCUT2D eigenvalue weighted by molar-refractivity contribution is -0.129. The number of nitrogens with zero attached hydrogens (tertiary/aromatic N) is 1. The maximum Gasteiger partial charge on any atom is 0.274 e. The van der Waals surface area contributed by atoms with Crippen LogP contribution in [0.25, 0.3) is 22.5 Å². The second-order valence-electron chi connectivity index (χ2n) is 7.58. The Bertz CT molecular complexity index is 1130. The summed E-state index contributed by atoms with van der Waals surface area (Å²) in [7, 11) is 1.56. The molecule has 0 radical (unpaired) electrons. The van der Waals surface area contributed by atoms with E-state index in [1.54, 1.807) is 49.0 Å². The van der Waals surface area contributed by atoms with Crippen molar-refractivity contribution in [2.75, 3.05) is 13.7 Å². The van der Waals surface area contributed by atoms with Crippen molar-refractivity contribution in [3.63, 3.8) is 0 Å². The largest absolute Gasteiger partial charge is 0.507 e. The number of hydrogen-bond donors (Lipinski definition) is 4. The van der Waals surface area contributed by atoms with Crippen molar-refractivity contribution in [1.82, 2.24) is 16.0 Å². The molecule has 0 spiro atoms. The number of unbranched alkanes of at least 4 members (excludes halogenated alkanes) is 3. The van der Waals surface area contributed by atoms with Gasteiger partial charge in [-0.25, -0.2) is 5.48 Å². The number of hydrogen-bond acceptors (Lipinski definition) is 7. The number of phenolic OH excluding ortho intramolecular Hbond substituents is 1. The molecule has 0 fully saturated rings. The molecule has 3 rings (SSSR count). The summed E-state index contributed by atoms with van der Waals surface area (Å²) in [4.78, 5) is 24.0. The SMILES string of the molecule is COc1ccc(-c2c(C(=O)NCCCCCCC(=O)NO)noc2-c2cc(Cl)ccc2O)cc1. The van der Waals surface area contributed by atoms with Gasteiger partial charge in [-0.2, -0.15) is 0 Å². The number of aromatic nitrogens is 1. The summed E-state index contributed by atoms with van der Waals surface area (Å²) in [6.07, 6.45) is 3.22. The van der Waals surface area contributed by atoms with E-state index in [2.05, 4.69) is 10.5 Å². The number of rotatable bonds is 11. The second kappa shape index (κ2) is 12.1. The van der Waals surface area contributed by atoms with E-state index in [4.69, 9.17) is 26.1 Å². The molecule has 9 nitrogen and oxygen atoms in total. The molecule has 0 bridgehead atoms. The third-order valence-electron chi connectivity index (χ3n) is 5.23. The summed E-state index contributed by atoms with van der Waals surface area (Å²) >= 11 is 6.12. The predicted octanol–water partition coefficient (Wildman–Crippen LogP) is 4.56. The molecule has 1 heterocycles. The molecule has 0 saturated heterocycles. The molecule has 34 heavy (non-hydrogen) atoms. The summed E-state index contributed by atoms with van der Waals surface area (Å²) in [6, 6.07) is 11.6. The molecular formula is C24H26ClN3O6. The number of halogens is 1. The first kappa shape index (κ1) is 25.1. The van der Waals surface area contributed by atoms with Crippen LogP contribution in [0.5, 0.6) is 11.5 Å². The molecule has 180 valence electrons. The molecule has 10 heteroatoms. The minimum Gasteiger partial charge on any atom is -0.507 e. The zero-order valence-electron chi connectivity index (χ0n) is 18.6. The summed E-state index contributed by atoms with van der Waals surface area (Å²) in [5.41, 5.74) is 3.08. The van der Waals surface area contributed by atoms with Crippen LogP contribution in [0.15, 0.2) is 47.0 Å². The second-order valence-corrected chi connectivity index (χ2v) is 8.02. The van der Waals surface area contributed by atoms with Gasteiger partial charge in [0.1, 0.15) is 11.5 Å². The molecule has 3 aromatic rings. The molecule has 0 saturated carbocycles. The Morgan fingerprint density at radius 1 is 1.09 bits per heavy atom. The average molecular weight is 488 g/mol. The maximum absolute atomic E-state index is 12.9. The molecule has 0 aliphatic heterocycles. The summed E-state index contributed by atoms with van der Waals surface area (Å²) in [5, 5.41) is 26.1. The van der Waals surface area contributed by atoms with Gasteiger partial charge in [0.25, 0.3) is 5.91 Å². The number of phenols is 1. The Hall–Kier alpha value is -3.56. The van der Waals surface area contributed by atoms with Crippen LogP contribution in [-0.4, -0.2) is 40.9 Å². The molecule has 1 aromatic heterocycles. The highest BCUT2D eigenvalue weighted by Gasteiger charge is 2.26. The number of hydroxylamine groups is 1. The van der Waals surface area contributed by atoms with Gasteiger partial charge in [0.15, 0.2) is 11.5 Å². The number of nitrogens with one attached hydrogen (secondary N) is 2. The van der Waals surface area contributed by atoms with Crippen LogP contribution < -0.4 is 15.5 Å². The topological polar surface area (TPSA) is 134 Å². The quantitative estimate of drug-likeness (QED) is 0.177. The van der Waals surface area contributed by atoms with Gasteiger partial charge in [-0.1, -0.05) is 41.7 Å². The Balaban J connectivity index is 1.77. The van der Waals surface area contributed by atoms with Crippen molar-refractivity contribution in [3.05, 3.63) is 53.2 Å². The normalized spacial score (nSPS) is 10.7. The molecule has 0 aliphatic carbocycles. The monoisotopic (exact) mass is 487 g/mol. The van der Waals surface area contributed by atoms with E-state index in [9.17, 15) is 14.7 Å². The Morgan fingerprint density at radius 3 is 2.53 bits per heavy atom. The Labute approximate surface area is 201 Å². The number of methoxy groups -OCH3 is 1. The van der Waals surface area contributed by atoms with Crippen molar-refractivity contribution >= 4 is 23.4 Å². The number of carbonyl (C=O) groups is 2. The van der Waals surface area contributed by atoms with Crippen LogP contribution in [0.1, 0.15) is 42.6 Å². The van der Waals surface area contributed by atoms with Crippen molar-refractivity contribution in [2.24, 2.45) is 0 Å². The zero-order valence-corrected chi connectivity index (χ0v) is 19.4. The van der Waals surface area contributed by atoms with Crippen LogP contribution >= 0.6 is 11.6 Å². The van der Waals surface area contributed by atoms with E-state index < -0.39 is 11.8 Å². The first-order chi connectivity index (χ1) is 16.4. The summed E-state index contributed by atoms with van der Waals surface area (Å²) < 4.78 is 10.7. The van der Waals surface area contributed by atoms with Crippen LogP contribution in [-0.2, 0) is 4.79 Å². The summed E-state index contributed by atoms with van der Waals surface area (Å²) in [6.45, 7) is 0.414. The molecule has 0 atom stereocenters. The predicted molar refractivity (Wildman–Crippen MR) is 126 cm³/mol. The summed E-state index contributed by atoms with van der Waals surface area (Å²) in [5.74, 6) is -0.0154. The third kappa shape index (κ3) is 6.27. The third-order valence-corrected chi connectivity index (χ3v) is 5.47. The van der Waals surface area contributed by atoms with Crippen molar-refractivity contribution in [1.29, 1.82) is 0 Å². The van der Waals surface area contributed by atoms with Crippen molar-refractivity contribution in [3.8, 4) is 33.9 Å². The van der Waals surface area contributed by atoms with E-state index in [-0.39, 0.29) is 23.6 Å². The standard InChI is InChI=1S/C24H26ClN3O6/c1-33-17-10-7-15(8-11-17)21-22(24(31)26-13-5-3-2-4-6-20(30)27-32)28-34-23(21)18-14-16(25)9-12-19(18)29/h7-12,14,29,32H,2-6,13H2,1H3,(H,26,31)(H,27,30). The smallest absolute Gasteiger partial charge is 0.274 e. The van der Waals surface area contributed by atoms with E-state index in [1.165, 1.54) is 6.07 Å². The minimum atomic E-state index is -0.415. The van der Waals surface area contributed by atoms with Gasteiger partial charge in [-0.15, -0.1) is 0 Å². The van der Waals surface area contributed by atoms with Gasteiger partial charge in [0.05, 0.1) is 18.2 Å². The number of carbonyl (C=O) groups excluding carboxylic acids is 2. The number of amides is 2. The minimum absolute atomic E-state index is 0.0582. The lowest BCUT2D eigenvalue weighted by Gasteiger charge is -2.08. The van der Waals surface area contributed by atoms with Crippen LogP contribution in [0, 0.1) is 0 Å². The fraction of sp³-hybridized carbons (Fsp3) is 0.292. The molecule has 2 amide bonds. The van der Waals surface area contributed by atoms with Gasteiger partial charge in [0.2, 0.25) is 5.91 Å². The van der Waals surface area contributed by atoms with E-state index in [0.29, 0.717) is 46.8 Å². The molecule has 2 aromatic carbocycles. The van der Waals surface area contributed by atoms with Gasteiger partial charge in [-0.05, 0) is 48.7 Å². The van der Waals surface area contributed by atoms with E-state index in [0.717, 1.165) is 12.8 Å². The van der Waals surface area contributed by atoms with Crippen LogP contribution in [0.4, 0.5) is 0 Å². The van der Waals surface area contributed by atoms with Gasteiger partial charge in [-0.3, -0.25) is 14.8 Å². The highest BCUT2D eigenvalue weighted by atomic mass is 35.5. The average Bonchev–Trinajstić information content (AvgIpc) is 3.29. The fourth-order valence-electron chi connectivity index (χ4n) is 3.45. The maximum atomic E-state index is 12.9. The number of ether oxygens (including phenoxy) is 1. The number of aromatic hydroxyl groups is 1. The van der Waals surface area contributed by atoms with Gasteiger partial charge < -0.3 is 19.7 Å². The number of benzene rings is 2. The first-order valence-corrected chi connectivity index (χ1v) is 11.2. The van der Waals surface area contributed by atoms with Crippen molar-refractivity contribution in [2.45, 2.75) is 32.1 Å². The Morgan fingerprint density at radius 2 is 1.82 bits per heavy atom. The Kier molecular flexibility index (Phi) is 8.89. The van der Waals surface area contributed by atoms with E-state index >= 15 is 0 Å². The molecule has 0 unspecified atom stereocenters. The highest BCUT2D eigenvalue weighted by molar-refractivity contribution is 6.31.